The molecule has 0 bridgehead atoms. The number of hydrogen-bond acceptors (Lipinski definition) is 4. The molecule has 90 valence electrons. The van der Waals surface area contributed by atoms with Crippen LogP contribution in [-0.4, -0.2) is 9.97 Å². The number of halogens is 2. The molecule has 0 N–H and O–H groups in total. The second kappa shape index (κ2) is 4.62. The largest absolute Gasteiger partial charge is 0.434 e. The van der Waals surface area contributed by atoms with Crippen molar-refractivity contribution in [3.8, 4) is 11.6 Å². The average molecular weight is 325 g/mol. The summed E-state index contributed by atoms with van der Waals surface area (Å²) in [5.74, 6) is 0.0792. The van der Waals surface area contributed by atoms with E-state index in [4.69, 9.17) is 4.74 Å². The van der Waals surface area contributed by atoms with Crippen molar-refractivity contribution in [3.05, 3.63) is 46.3 Å². The molecule has 0 aliphatic rings. The lowest BCUT2D eigenvalue weighted by atomic mass is 10.3. The van der Waals surface area contributed by atoms with E-state index in [0.717, 1.165) is 10.2 Å². The Bertz CT molecular complexity index is 716. The topological polar surface area (TPSA) is 35.0 Å². The standard InChI is InChI=1S/C12H6BrFN2OS/c13-7-1-2-10(8(14)5-7)17-12-11-9(3-4-18-11)15-6-16-12/h1-6H. The molecule has 3 rings (SSSR count). The predicted molar refractivity (Wildman–Crippen MR) is 71.6 cm³/mol. The van der Waals surface area contributed by atoms with Crippen LogP contribution in [0.2, 0.25) is 0 Å². The first-order valence-electron chi connectivity index (χ1n) is 5.05. The molecule has 0 amide bonds. The minimum Gasteiger partial charge on any atom is -0.434 e. The van der Waals surface area contributed by atoms with Gasteiger partial charge in [0.1, 0.15) is 11.0 Å². The van der Waals surface area contributed by atoms with Crippen LogP contribution < -0.4 is 4.74 Å². The van der Waals surface area contributed by atoms with Crippen molar-refractivity contribution in [2.75, 3.05) is 0 Å². The quantitative estimate of drug-likeness (QED) is 0.701. The highest BCUT2D eigenvalue weighted by molar-refractivity contribution is 9.10. The minimum absolute atomic E-state index is 0.145. The molecule has 0 fully saturated rings. The van der Waals surface area contributed by atoms with Crippen molar-refractivity contribution < 1.29 is 9.13 Å². The first-order chi connectivity index (χ1) is 8.74. The second-order valence-electron chi connectivity index (χ2n) is 3.49. The SMILES string of the molecule is Fc1cc(Br)ccc1Oc1ncnc2ccsc12. The molecular weight excluding hydrogens is 319 g/mol. The third kappa shape index (κ3) is 2.09. The number of thiophene rings is 1. The second-order valence-corrected chi connectivity index (χ2v) is 5.32. The van der Waals surface area contributed by atoms with E-state index in [1.54, 1.807) is 12.1 Å². The third-order valence-corrected chi connectivity index (χ3v) is 3.70. The number of ether oxygens (including phenoxy) is 1. The normalized spacial score (nSPS) is 10.8. The van der Waals surface area contributed by atoms with Gasteiger partial charge in [-0.3, -0.25) is 0 Å². The van der Waals surface area contributed by atoms with Crippen LogP contribution >= 0.6 is 27.3 Å². The van der Waals surface area contributed by atoms with E-state index in [-0.39, 0.29) is 5.75 Å². The average Bonchev–Trinajstić information content (AvgIpc) is 2.82. The summed E-state index contributed by atoms with van der Waals surface area (Å²) in [4.78, 5) is 8.13. The summed E-state index contributed by atoms with van der Waals surface area (Å²) in [6, 6.07) is 6.49. The molecule has 0 aliphatic heterocycles. The molecule has 0 spiro atoms. The number of hydrogen-bond donors (Lipinski definition) is 0. The molecule has 3 aromatic rings. The Labute approximate surface area is 114 Å². The zero-order valence-electron chi connectivity index (χ0n) is 8.93. The van der Waals surface area contributed by atoms with Gasteiger partial charge in [0.25, 0.3) is 0 Å². The van der Waals surface area contributed by atoms with Crippen molar-refractivity contribution >= 4 is 37.5 Å². The highest BCUT2D eigenvalue weighted by Crippen LogP contribution is 2.32. The molecule has 6 heteroatoms. The van der Waals surface area contributed by atoms with Crippen LogP contribution in [0.3, 0.4) is 0 Å². The van der Waals surface area contributed by atoms with Gasteiger partial charge in [0.2, 0.25) is 5.88 Å². The number of nitrogens with zero attached hydrogens (tertiary/aromatic N) is 2. The van der Waals surface area contributed by atoms with Gasteiger partial charge in [0.05, 0.1) is 5.52 Å². The van der Waals surface area contributed by atoms with Gasteiger partial charge in [-0.1, -0.05) is 15.9 Å². The summed E-state index contributed by atoms with van der Waals surface area (Å²) < 4.78 is 20.6. The van der Waals surface area contributed by atoms with Crippen LogP contribution in [0.1, 0.15) is 0 Å². The summed E-state index contributed by atoms with van der Waals surface area (Å²) in [5.41, 5.74) is 0.794. The van der Waals surface area contributed by atoms with Gasteiger partial charge in [-0.15, -0.1) is 11.3 Å². The van der Waals surface area contributed by atoms with Crippen LogP contribution in [-0.2, 0) is 0 Å². The van der Waals surface area contributed by atoms with E-state index in [2.05, 4.69) is 25.9 Å². The monoisotopic (exact) mass is 324 g/mol. The highest BCUT2D eigenvalue weighted by atomic mass is 79.9. The molecule has 18 heavy (non-hydrogen) atoms. The lowest BCUT2D eigenvalue weighted by molar-refractivity contribution is 0.432. The van der Waals surface area contributed by atoms with Crippen LogP contribution in [0.5, 0.6) is 11.6 Å². The Morgan fingerprint density at radius 2 is 2.11 bits per heavy atom. The van der Waals surface area contributed by atoms with Crippen molar-refractivity contribution in [3.63, 3.8) is 0 Å². The molecule has 2 heterocycles. The summed E-state index contributed by atoms with van der Waals surface area (Å²) in [6.07, 6.45) is 1.40. The molecule has 1 aromatic carbocycles. The summed E-state index contributed by atoms with van der Waals surface area (Å²) in [7, 11) is 0. The third-order valence-electron chi connectivity index (χ3n) is 2.31. The maximum atomic E-state index is 13.7. The smallest absolute Gasteiger partial charge is 0.240 e. The fourth-order valence-corrected chi connectivity index (χ4v) is 2.60. The first kappa shape index (κ1) is 11.6. The summed E-state index contributed by atoms with van der Waals surface area (Å²) in [5, 5.41) is 1.89. The Balaban J connectivity index is 2.03. The summed E-state index contributed by atoms with van der Waals surface area (Å²) >= 11 is 4.66. The van der Waals surface area contributed by atoms with Crippen molar-refractivity contribution in [2.45, 2.75) is 0 Å². The zero-order valence-corrected chi connectivity index (χ0v) is 11.3. The fourth-order valence-electron chi connectivity index (χ4n) is 1.50. The molecule has 0 aliphatic carbocycles. The van der Waals surface area contributed by atoms with Crippen LogP contribution in [0.4, 0.5) is 4.39 Å². The Morgan fingerprint density at radius 3 is 2.94 bits per heavy atom. The van der Waals surface area contributed by atoms with Crippen molar-refractivity contribution in [1.29, 1.82) is 0 Å². The van der Waals surface area contributed by atoms with Crippen LogP contribution in [0, 0.1) is 5.82 Å². The van der Waals surface area contributed by atoms with Gasteiger partial charge in [-0.2, -0.15) is 0 Å². The van der Waals surface area contributed by atoms with E-state index in [9.17, 15) is 4.39 Å². The summed E-state index contributed by atoms with van der Waals surface area (Å²) in [6.45, 7) is 0. The lowest BCUT2D eigenvalue weighted by Crippen LogP contribution is -1.91. The van der Waals surface area contributed by atoms with E-state index in [1.807, 2.05) is 11.4 Å². The molecule has 0 saturated heterocycles. The molecule has 0 unspecified atom stereocenters. The van der Waals surface area contributed by atoms with Crippen molar-refractivity contribution in [1.82, 2.24) is 9.97 Å². The van der Waals surface area contributed by atoms with Crippen LogP contribution in [0.25, 0.3) is 10.2 Å². The number of fused-ring (bicyclic) bond motifs is 1. The molecule has 0 saturated carbocycles. The zero-order chi connectivity index (χ0) is 12.5. The van der Waals surface area contributed by atoms with E-state index >= 15 is 0 Å². The maximum absolute atomic E-state index is 13.7. The molecule has 0 radical (unpaired) electrons. The Kier molecular flexibility index (Phi) is 2.97. The number of rotatable bonds is 2. The number of aromatic nitrogens is 2. The molecule has 3 nitrogen and oxygen atoms in total. The van der Waals surface area contributed by atoms with Gasteiger partial charge in [0.15, 0.2) is 11.6 Å². The number of benzene rings is 1. The fraction of sp³-hybridized carbons (Fsp3) is 0. The lowest BCUT2D eigenvalue weighted by Gasteiger charge is -2.06. The Morgan fingerprint density at radius 1 is 1.22 bits per heavy atom. The van der Waals surface area contributed by atoms with Gasteiger partial charge in [-0.25, -0.2) is 14.4 Å². The van der Waals surface area contributed by atoms with Gasteiger partial charge < -0.3 is 4.74 Å². The van der Waals surface area contributed by atoms with Crippen LogP contribution in [0.15, 0.2) is 40.4 Å². The van der Waals surface area contributed by atoms with Gasteiger partial charge in [-0.05, 0) is 29.6 Å². The highest BCUT2D eigenvalue weighted by Gasteiger charge is 2.10. The maximum Gasteiger partial charge on any atom is 0.240 e. The molecule has 2 aromatic heterocycles. The van der Waals surface area contributed by atoms with E-state index < -0.39 is 5.82 Å². The molecular formula is C12H6BrFN2OS. The Hall–Kier alpha value is -1.53. The predicted octanol–water partition coefficient (Wildman–Crippen LogP) is 4.39. The minimum atomic E-state index is -0.437. The van der Waals surface area contributed by atoms with E-state index in [1.165, 1.54) is 23.7 Å². The van der Waals surface area contributed by atoms with Crippen molar-refractivity contribution in [2.24, 2.45) is 0 Å². The molecule has 0 atom stereocenters. The van der Waals surface area contributed by atoms with E-state index in [0.29, 0.717) is 10.4 Å². The first-order valence-corrected chi connectivity index (χ1v) is 6.72. The van der Waals surface area contributed by atoms with Gasteiger partial charge >= 0.3 is 0 Å². The van der Waals surface area contributed by atoms with Gasteiger partial charge in [0, 0.05) is 4.47 Å².